The number of ether oxygens (including phenoxy) is 1. The Morgan fingerprint density at radius 1 is 1.43 bits per heavy atom. The number of carbonyl (C=O) groups is 1. The summed E-state index contributed by atoms with van der Waals surface area (Å²) in [4.78, 5) is 11.3. The van der Waals surface area contributed by atoms with Crippen LogP contribution in [0.5, 0.6) is 5.75 Å². The largest absolute Gasteiger partial charge is 0.483 e. The van der Waals surface area contributed by atoms with Crippen LogP contribution in [0.2, 0.25) is 0 Å². The monoisotopic (exact) mass is 300 g/mol. The van der Waals surface area contributed by atoms with Crippen LogP contribution in [0.3, 0.4) is 0 Å². The average Bonchev–Trinajstić information content (AvgIpc) is 2.43. The molecule has 3 N–H and O–H groups in total. The summed E-state index contributed by atoms with van der Waals surface area (Å²) in [5, 5.41) is 2.29. The Hall–Kier alpha value is -2.20. The molecule has 0 aliphatic heterocycles. The Balaban J connectivity index is 2.86. The van der Waals surface area contributed by atoms with Crippen LogP contribution < -0.4 is 15.8 Å². The van der Waals surface area contributed by atoms with Crippen molar-refractivity contribution in [3.63, 3.8) is 0 Å². The van der Waals surface area contributed by atoms with Gasteiger partial charge in [-0.1, -0.05) is 12.0 Å². The molecular formula is C14H15F3N2O2. The van der Waals surface area contributed by atoms with E-state index in [2.05, 4.69) is 11.2 Å². The Morgan fingerprint density at radius 2 is 2.14 bits per heavy atom. The van der Waals surface area contributed by atoms with Gasteiger partial charge in [0.1, 0.15) is 5.75 Å². The Labute approximate surface area is 120 Å². The molecular weight excluding hydrogens is 285 g/mol. The van der Waals surface area contributed by atoms with Crippen LogP contribution in [0.25, 0.3) is 0 Å². The fraction of sp³-hybridized carbons (Fsp3) is 0.357. The van der Waals surface area contributed by atoms with Crippen molar-refractivity contribution >= 4 is 5.91 Å². The molecule has 0 aromatic heterocycles. The summed E-state index contributed by atoms with van der Waals surface area (Å²) in [5.74, 6) is 1.18. The SMILES string of the molecule is C#CCNC(=O)COc1ccc(CCN)cc1C(F)(F)F. The molecule has 0 aliphatic rings. The number of hydrogen-bond acceptors (Lipinski definition) is 3. The van der Waals surface area contributed by atoms with Gasteiger partial charge in [-0.15, -0.1) is 6.42 Å². The smallest absolute Gasteiger partial charge is 0.419 e. The van der Waals surface area contributed by atoms with Crippen LogP contribution in [-0.2, 0) is 17.4 Å². The summed E-state index contributed by atoms with van der Waals surface area (Å²) in [7, 11) is 0. The summed E-state index contributed by atoms with van der Waals surface area (Å²) in [6.45, 7) is -0.309. The third-order valence-corrected chi connectivity index (χ3v) is 2.53. The number of amides is 1. The van der Waals surface area contributed by atoms with E-state index >= 15 is 0 Å². The predicted octanol–water partition coefficient (Wildman–Crippen LogP) is 1.33. The van der Waals surface area contributed by atoms with Gasteiger partial charge in [0, 0.05) is 0 Å². The summed E-state index contributed by atoms with van der Waals surface area (Å²) in [5.41, 5.74) is 4.84. The second-order valence-electron chi connectivity index (χ2n) is 4.14. The van der Waals surface area contributed by atoms with E-state index in [1.54, 1.807) is 0 Å². The summed E-state index contributed by atoms with van der Waals surface area (Å²) >= 11 is 0. The van der Waals surface area contributed by atoms with E-state index in [-0.39, 0.29) is 13.1 Å². The van der Waals surface area contributed by atoms with Gasteiger partial charge in [0.15, 0.2) is 6.61 Å². The van der Waals surface area contributed by atoms with Crippen molar-refractivity contribution in [1.29, 1.82) is 0 Å². The lowest BCUT2D eigenvalue weighted by Crippen LogP contribution is -2.29. The van der Waals surface area contributed by atoms with Gasteiger partial charge in [0.05, 0.1) is 12.1 Å². The Morgan fingerprint density at radius 3 is 2.71 bits per heavy atom. The fourth-order valence-electron chi connectivity index (χ4n) is 1.59. The molecule has 114 valence electrons. The molecule has 21 heavy (non-hydrogen) atoms. The van der Waals surface area contributed by atoms with Gasteiger partial charge in [-0.2, -0.15) is 13.2 Å². The highest BCUT2D eigenvalue weighted by molar-refractivity contribution is 5.77. The third-order valence-electron chi connectivity index (χ3n) is 2.53. The second-order valence-corrected chi connectivity index (χ2v) is 4.14. The van der Waals surface area contributed by atoms with Crippen LogP contribution in [0.4, 0.5) is 13.2 Å². The first kappa shape index (κ1) is 16.9. The highest BCUT2D eigenvalue weighted by atomic mass is 19.4. The first-order valence-electron chi connectivity index (χ1n) is 6.11. The van der Waals surface area contributed by atoms with E-state index in [0.717, 1.165) is 6.07 Å². The van der Waals surface area contributed by atoms with Crippen molar-refractivity contribution < 1.29 is 22.7 Å². The zero-order chi connectivity index (χ0) is 15.9. The predicted molar refractivity (Wildman–Crippen MR) is 71.5 cm³/mol. The topological polar surface area (TPSA) is 64.3 Å². The van der Waals surface area contributed by atoms with Crippen molar-refractivity contribution in [3.8, 4) is 18.1 Å². The van der Waals surface area contributed by atoms with Crippen molar-refractivity contribution in [3.05, 3.63) is 29.3 Å². The molecule has 0 aliphatic carbocycles. The quantitative estimate of drug-likeness (QED) is 0.779. The first-order valence-corrected chi connectivity index (χ1v) is 6.11. The molecule has 7 heteroatoms. The lowest BCUT2D eigenvalue weighted by molar-refractivity contribution is -0.139. The number of benzene rings is 1. The van der Waals surface area contributed by atoms with Gasteiger partial charge in [-0.25, -0.2) is 0 Å². The van der Waals surface area contributed by atoms with E-state index in [1.165, 1.54) is 12.1 Å². The maximum atomic E-state index is 13.0. The Kier molecular flexibility index (Phi) is 6.06. The van der Waals surface area contributed by atoms with Gasteiger partial charge in [0.2, 0.25) is 0 Å². The van der Waals surface area contributed by atoms with Crippen LogP contribution in [0.1, 0.15) is 11.1 Å². The standard InChI is InChI=1S/C14H15F3N2O2/c1-2-7-19-13(20)9-21-12-4-3-10(5-6-18)8-11(12)14(15,16)17/h1,3-4,8H,5-7,9,18H2,(H,19,20). The molecule has 0 fully saturated rings. The summed E-state index contributed by atoms with van der Waals surface area (Å²) in [6.07, 6.45) is 0.697. The minimum atomic E-state index is -4.57. The number of rotatable bonds is 6. The van der Waals surface area contributed by atoms with Crippen molar-refractivity contribution in [2.24, 2.45) is 5.73 Å². The molecule has 0 atom stereocenters. The molecule has 1 amide bonds. The lowest BCUT2D eigenvalue weighted by atomic mass is 10.1. The minimum absolute atomic E-state index is 0.0102. The highest BCUT2D eigenvalue weighted by Gasteiger charge is 2.34. The molecule has 0 saturated carbocycles. The molecule has 1 rings (SSSR count). The fourth-order valence-corrected chi connectivity index (χ4v) is 1.59. The van der Waals surface area contributed by atoms with Gasteiger partial charge in [-0.3, -0.25) is 4.79 Å². The van der Waals surface area contributed by atoms with Gasteiger partial charge in [-0.05, 0) is 30.7 Å². The zero-order valence-electron chi connectivity index (χ0n) is 11.2. The second kappa shape index (κ2) is 7.55. The van der Waals surface area contributed by atoms with Gasteiger partial charge in [0.25, 0.3) is 5.91 Å². The maximum absolute atomic E-state index is 13.0. The summed E-state index contributed by atoms with van der Waals surface area (Å²) in [6, 6.07) is 3.64. The van der Waals surface area contributed by atoms with E-state index in [9.17, 15) is 18.0 Å². The number of terminal acetylenes is 1. The van der Waals surface area contributed by atoms with Crippen molar-refractivity contribution in [1.82, 2.24) is 5.32 Å². The summed E-state index contributed by atoms with van der Waals surface area (Å²) < 4.78 is 43.8. The lowest BCUT2D eigenvalue weighted by Gasteiger charge is -2.15. The van der Waals surface area contributed by atoms with Crippen LogP contribution in [0, 0.1) is 12.3 Å². The zero-order valence-corrected chi connectivity index (χ0v) is 11.2. The molecule has 0 spiro atoms. The van der Waals surface area contributed by atoms with Crippen LogP contribution >= 0.6 is 0 Å². The van der Waals surface area contributed by atoms with Gasteiger partial charge >= 0.3 is 6.18 Å². The maximum Gasteiger partial charge on any atom is 0.419 e. The number of nitrogens with two attached hydrogens (primary N) is 1. The molecule has 0 unspecified atom stereocenters. The van der Waals surface area contributed by atoms with Crippen molar-refractivity contribution in [2.45, 2.75) is 12.6 Å². The number of hydrogen-bond donors (Lipinski definition) is 2. The first-order chi connectivity index (χ1) is 9.88. The molecule has 0 radical (unpaired) electrons. The van der Waals surface area contributed by atoms with Crippen LogP contribution in [0.15, 0.2) is 18.2 Å². The number of halogens is 3. The third kappa shape index (κ3) is 5.36. The normalized spacial score (nSPS) is 10.8. The average molecular weight is 300 g/mol. The van der Waals surface area contributed by atoms with E-state index in [0.29, 0.717) is 12.0 Å². The molecule has 0 bridgehead atoms. The van der Waals surface area contributed by atoms with Crippen LogP contribution in [-0.4, -0.2) is 25.6 Å². The van der Waals surface area contributed by atoms with E-state index in [1.807, 2.05) is 0 Å². The van der Waals surface area contributed by atoms with E-state index < -0.39 is 30.0 Å². The molecule has 0 saturated heterocycles. The molecule has 0 heterocycles. The molecule has 1 aromatic rings. The molecule has 1 aromatic carbocycles. The van der Waals surface area contributed by atoms with Crippen molar-refractivity contribution in [2.75, 3.05) is 19.7 Å². The molecule has 4 nitrogen and oxygen atoms in total. The van der Waals surface area contributed by atoms with E-state index in [4.69, 9.17) is 16.9 Å². The van der Waals surface area contributed by atoms with Gasteiger partial charge < -0.3 is 15.8 Å². The highest BCUT2D eigenvalue weighted by Crippen LogP contribution is 2.36. The number of carbonyl (C=O) groups excluding carboxylic acids is 1. The minimum Gasteiger partial charge on any atom is -0.483 e. The number of nitrogens with one attached hydrogen (secondary N) is 1. The Bertz CT molecular complexity index is 536. The number of alkyl halides is 3.